The van der Waals surface area contributed by atoms with Crippen molar-refractivity contribution in [3.05, 3.63) is 0 Å². The Morgan fingerprint density at radius 2 is 2.27 bits per heavy atom. The standard InChI is InChI=1S/C8H16O3/c1-2-7(10)5-8(3-4-9)6-11-8/h7,9-10H,2-6H2,1H3. The van der Waals surface area contributed by atoms with Crippen LogP contribution < -0.4 is 0 Å². The van der Waals surface area contributed by atoms with Crippen molar-refractivity contribution in [2.45, 2.75) is 37.9 Å². The van der Waals surface area contributed by atoms with Crippen LogP contribution in [0, 0.1) is 0 Å². The van der Waals surface area contributed by atoms with Crippen molar-refractivity contribution in [1.29, 1.82) is 0 Å². The summed E-state index contributed by atoms with van der Waals surface area (Å²) in [6.45, 7) is 2.79. The zero-order valence-electron chi connectivity index (χ0n) is 6.92. The summed E-state index contributed by atoms with van der Waals surface area (Å²) in [7, 11) is 0. The average molecular weight is 160 g/mol. The van der Waals surface area contributed by atoms with Gasteiger partial charge in [0.15, 0.2) is 0 Å². The first kappa shape index (κ1) is 8.97. The smallest absolute Gasteiger partial charge is 0.0962 e. The van der Waals surface area contributed by atoms with Crippen molar-refractivity contribution in [2.24, 2.45) is 0 Å². The molecule has 2 N–H and O–H groups in total. The van der Waals surface area contributed by atoms with Gasteiger partial charge in [-0.1, -0.05) is 6.92 Å². The number of epoxide rings is 1. The topological polar surface area (TPSA) is 53.0 Å². The van der Waals surface area contributed by atoms with Gasteiger partial charge in [0.2, 0.25) is 0 Å². The van der Waals surface area contributed by atoms with Crippen molar-refractivity contribution in [3.8, 4) is 0 Å². The first-order valence-electron chi connectivity index (χ1n) is 4.15. The van der Waals surface area contributed by atoms with E-state index in [1.165, 1.54) is 0 Å². The molecule has 0 bridgehead atoms. The van der Waals surface area contributed by atoms with Crippen molar-refractivity contribution >= 4 is 0 Å². The Balaban J connectivity index is 2.23. The summed E-state index contributed by atoms with van der Waals surface area (Å²) in [6.07, 6.45) is 1.81. The lowest BCUT2D eigenvalue weighted by atomic mass is 9.98. The van der Waals surface area contributed by atoms with Gasteiger partial charge >= 0.3 is 0 Å². The minimum atomic E-state index is -0.274. The van der Waals surface area contributed by atoms with E-state index in [-0.39, 0.29) is 18.3 Å². The number of ether oxygens (including phenoxy) is 1. The fraction of sp³-hybridized carbons (Fsp3) is 1.00. The Bertz CT molecular complexity index is 121. The van der Waals surface area contributed by atoms with Gasteiger partial charge in [-0.05, 0) is 6.42 Å². The second kappa shape index (κ2) is 3.52. The predicted octanol–water partition coefficient (Wildman–Crippen LogP) is 0.299. The highest BCUT2D eigenvalue weighted by atomic mass is 16.6. The van der Waals surface area contributed by atoms with Crippen LogP contribution in [-0.4, -0.2) is 35.1 Å². The molecule has 0 aromatic heterocycles. The van der Waals surface area contributed by atoms with Crippen LogP contribution in [-0.2, 0) is 4.74 Å². The van der Waals surface area contributed by atoms with Gasteiger partial charge in [0, 0.05) is 19.4 Å². The summed E-state index contributed by atoms with van der Waals surface area (Å²) in [5.74, 6) is 0. The molecule has 3 nitrogen and oxygen atoms in total. The first-order valence-corrected chi connectivity index (χ1v) is 4.15. The molecule has 1 rings (SSSR count). The van der Waals surface area contributed by atoms with E-state index in [0.717, 1.165) is 6.42 Å². The van der Waals surface area contributed by atoms with E-state index in [9.17, 15) is 5.11 Å². The Morgan fingerprint density at radius 1 is 1.64 bits per heavy atom. The minimum Gasteiger partial charge on any atom is -0.396 e. The van der Waals surface area contributed by atoms with Crippen molar-refractivity contribution in [1.82, 2.24) is 0 Å². The lowest BCUT2D eigenvalue weighted by molar-refractivity contribution is 0.107. The van der Waals surface area contributed by atoms with Gasteiger partial charge in [0.05, 0.1) is 18.3 Å². The second-order valence-corrected chi connectivity index (χ2v) is 3.21. The fourth-order valence-electron chi connectivity index (χ4n) is 1.24. The van der Waals surface area contributed by atoms with Crippen LogP contribution in [0.1, 0.15) is 26.2 Å². The molecule has 0 aliphatic carbocycles. The summed E-state index contributed by atoms with van der Waals surface area (Å²) in [4.78, 5) is 0. The van der Waals surface area contributed by atoms with E-state index in [1.54, 1.807) is 0 Å². The summed E-state index contributed by atoms with van der Waals surface area (Å²) in [5.41, 5.74) is -0.176. The molecule has 1 aliphatic rings. The highest BCUT2D eigenvalue weighted by Crippen LogP contribution is 2.35. The summed E-state index contributed by atoms with van der Waals surface area (Å²) >= 11 is 0. The van der Waals surface area contributed by atoms with Crippen LogP contribution in [0.3, 0.4) is 0 Å². The quantitative estimate of drug-likeness (QED) is 0.569. The van der Waals surface area contributed by atoms with E-state index in [0.29, 0.717) is 19.4 Å². The van der Waals surface area contributed by atoms with Crippen molar-refractivity contribution in [3.63, 3.8) is 0 Å². The zero-order valence-corrected chi connectivity index (χ0v) is 6.92. The molecule has 2 atom stereocenters. The molecule has 0 amide bonds. The SMILES string of the molecule is CCC(O)CC1(CCO)CO1. The van der Waals surface area contributed by atoms with E-state index < -0.39 is 0 Å². The van der Waals surface area contributed by atoms with Crippen LogP contribution >= 0.6 is 0 Å². The Hall–Kier alpha value is -0.120. The molecule has 2 unspecified atom stereocenters. The molecular formula is C8H16O3. The molecule has 66 valence electrons. The molecule has 1 fully saturated rings. The summed E-state index contributed by atoms with van der Waals surface area (Å²) < 4.78 is 5.19. The van der Waals surface area contributed by atoms with Crippen LogP contribution in [0.4, 0.5) is 0 Å². The number of hydrogen-bond donors (Lipinski definition) is 2. The Labute approximate surface area is 67.0 Å². The average Bonchev–Trinajstić information content (AvgIpc) is 2.70. The highest BCUT2D eigenvalue weighted by molar-refractivity contribution is 4.93. The third-order valence-corrected chi connectivity index (χ3v) is 2.20. The van der Waals surface area contributed by atoms with E-state index in [1.807, 2.05) is 6.92 Å². The zero-order chi connectivity index (χ0) is 8.32. The maximum atomic E-state index is 9.30. The highest BCUT2D eigenvalue weighted by Gasteiger charge is 2.44. The van der Waals surface area contributed by atoms with E-state index in [2.05, 4.69) is 0 Å². The van der Waals surface area contributed by atoms with Gasteiger partial charge in [-0.15, -0.1) is 0 Å². The number of hydrogen-bond acceptors (Lipinski definition) is 3. The molecule has 0 saturated carbocycles. The van der Waals surface area contributed by atoms with Gasteiger partial charge in [0.1, 0.15) is 0 Å². The van der Waals surface area contributed by atoms with Crippen LogP contribution in [0.2, 0.25) is 0 Å². The maximum absolute atomic E-state index is 9.30. The molecule has 1 aliphatic heterocycles. The lowest BCUT2D eigenvalue weighted by Crippen LogP contribution is -2.21. The molecule has 0 aromatic carbocycles. The predicted molar refractivity (Wildman–Crippen MR) is 41.3 cm³/mol. The minimum absolute atomic E-state index is 0.149. The normalized spacial score (nSPS) is 31.9. The monoisotopic (exact) mass is 160 g/mol. The van der Waals surface area contributed by atoms with Crippen LogP contribution in [0.15, 0.2) is 0 Å². The van der Waals surface area contributed by atoms with Crippen LogP contribution in [0.25, 0.3) is 0 Å². The van der Waals surface area contributed by atoms with Gasteiger partial charge in [-0.2, -0.15) is 0 Å². The number of aliphatic hydroxyl groups is 2. The molecule has 11 heavy (non-hydrogen) atoms. The third-order valence-electron chi connectivity index (χ3n) is 2.20. The maximum Gasteiger partial charge on any atom is 0.0962 e. The molecule has 3 heteroatoms. The van der Waals surface area contributed by atoms with Crippen LogP contribution in [0.5, 0.6) is 0 Å². The Kier molecular flexibility index (Phi) is 2.87. The Morgan fingerprint density at radius 3 is 2.64 bits per heavy atom. The molecular weight excluding hydrogens is 144 g/mol. The number of rotatable bonds is 5. The van der Waals surface area contributed by atoms with Gasteiger partial charge < -0.3 is 14.9 Å². The largest absolute Gasteiger partial charge is 0.396 e. The van der Waals surface area contributed by atoms with Crippen molar-refractivity contribution < 1.29 is 14.9 Å². The molecule has 0 radical (unpaired) electrons. The first-order chi connectivity index (χ1) is 5.22. The molecule has 0 aromatic rings. The van der Waals surface area contributed by atoms with Crippen molar-refractivity contribution in [2.75, 3.05) is 13.2 Å². The summed E-state index contributed by atoms with van der Waals surface area (Å²) in [6, 6.07) is 0. The molecule has 1 saturated heterocycles. The lowest BCUT2D eigenvalue weighted by Gasteiger charge is -2.13. The van der Waals surface area contributed by atoms with E-state index >= 15 is 0 Å². The van der Waals surface area contributed by atoms with Gasteiger partial charge in [-0.3, -0.25) is 0 Å². The third kappa shape index (κ3) is 2.43. The van der Waals surface area contributed by atoms with Gasteiger partial charge in [0.25, 0.3) is 0 Å². The second-order valence-electron chi connectivity index (χ2n) is 3.21. The number of aliphatic hydroxyl groups excluding tert-OH is 2. The van der Waals surface area contributed by atoms with E-state index in [4.69, 9.17) is 9.84 Å². The molecule has 1 heterocycles. The summed E-state index contributed by atoms with van der Waals surface area (Å²) in [5, 5.41) is 18.0. The fourth-order valence-corrected chi connectivity index (χ4v) is 1.24. The van der Waals surface area contributed by atoms with Gasteiger partial charge in [-0.25, -0.2) is 0 Å². The molecule has 0 spiro atoms.